The van der Waals surface area contributed by atoms with Gasteiger partial charge in [0.05, 0.1) is 17.9 Å². The summed E-state index contributed by atoms with van der Waals surface area (Å²) in [5, 5.41) is 10.8. The summed E-state index contributed by atoms with van der Waals surface area (Å²) in [6.07, 6.45) is 2.43. The van der Waals surface area contributed by atoms with Crippen LogP contribution < -0.4 is 10.5 Å². The fourth-order valence-electron chi connectivity index (χ4n) is 3.03. The third kappa shape index (κ3) is 2.80. The molecule has 5 nitrogen and oxygen atoms in total. The molecular formula is C18H20N4O. The van der Waals surface area contributed by atoms with Crippen LogP contribution in [0.25, 0.3) is 10.8 Å². The van der Waals surface area contributed by atoms with Crippen LogP contribution in [0.1, 0.15) is 30.1 Å². The van der Waals surface area contributed by atoms with Gasteiger partial charge in [-0.3, -0.25) is 0 Å². The summed E-state index contributed by atoms with van der Waals surface area (Å²) in [5.41, 5.74) is 7.90. The highest BCUT2D eigenvalue weighted by Gasteiger charge is 2.30. The molecule has 3 aromatic rings. The van der Waals surface area contributed by atoms with Gasteiger partial charge in [0.15, 0.2) is 0 Å². The lowest BCUT2D eigenvalue weighted by Crippen LogP contribution is -2.13. The van der Waals surface area contributed by atoms with E-state index < -0.39 is 0 Å². The molecule has 2 N–H and O–H groups in total. The van der Waals surface area contributed by atoms with Crippen molar-refractivity contribution in [1.29, 1.82) is 0 Å². The van der Waals surface area contributed by atoms with Crippen LogP contribution in [-0.2, 0) is 13.1 Å². The van der Waals surface area contributed by atoms with Crippen molar-refractivity contribution in [3.8, 4) is 5.75 Å². The maximum atomic E-state index is 6.00. The van der Waals surface area contributed by atoms with Gasteiger partial charge in [-0.25, -0.2) is 4.68 Å². The second-order valence-corrected chi connectivity index (χ2v) is 5.95. The van der Waals surface area contributed by atoms with Crippen LogP contribution in [0.4, 0.5) is 0 Å². The zero-order valence-electron chi connectivity index (χ0n) is 13.0. The maximum Gasteiger partial charge on any atom is 0.127 e. The van der Waals surface area contributed by atoms with E-state index in [0.717, 1.165) is 16.8 Å². The van der Waals surface area contributed by atoms with Gasteiger partial charge >= 0.3 is 0 Å². The number of ether oxygens (including phenoxy) is 1. The van der Waals surface area contributed by atoms with Gasteiger partial charge in [-0.1, -0.05) is 41.6 Å². The molecule has 1 aliphatic carbocycles. The number of hydrogen-bond donors (Lipinski definition) is 1. The molecular weight excluding hydrogens is 288 g/mol. The molecule has 1 fully saturated rings. The highest BCUT2D eigenvalue weighted by atomic mass is 16.5. The van der Waals surface area contributed by atoms with Crippen molar-refractivity contribution in [3.63, 3.8) is 0 Å². The molecule has 0 radical (unpaired) electrons. The molecule has 0 bridgehead atoms. The normalized spacial score (nSPS) is 14.3. The zero-order chi connectivity index (χ0) is 15.6. The lowest BCUT2D eigenvalue weighted by molar-refractivity contribution is 0.290. The van der Waals surface area contributed by atoms with Gasteiger partial charge in [0.25, 0.3) is 0 Å². The zero-order valence-corrected chi connectivity index (χ0v) is 13.0. The molecule has 5 heteroatoms. The van der Waals surface area contributed by atoms with Crippen molar-refractivity contribution < 1.29 is 4.74 Å². The van der Waals surface area contributed by atoms with E-state index in [1.54, 1.807) is 0 Å². The summed E-state index contributed by atoms with van der Waals surface area (Å²) in [6, 6.07) is 14.4. The van der Waals surface area contributed by atoms with Gasteiger partial charge in [0.2, 0.25) is 0 Å². The SMILES string of the molecule is NCc1nnn(CCOc2cccc3ccccc23)c1C1CC1. The molecule has 1 aromatic heterocycles. The number of hydrogen-bond acceptors (Lipinski definition) is 4. The molecule has 0 amide bonds. The average molecular weight is 308 g/mol. The largest absolute Gasteiger partial charge is 0.491 e. The number of nitrogens with two attached hydrogens (primary N) is 1. The van der Waals surface area contributed by atoms with Crippen molar-refractivity contribution in [3.05, 3.63) is 53.9 Å². The molecule has 4 rings (SSSR count). The van der Waals surface area contributed by atoms with E-state index in [0.29, 0.717) is 25.6 Å². The van der Waals surface area contributed by atoms with Crippen LogP contribution >= 0.6 is 0 Å². The first-order chi connectivity index (χ1) is 11.4. The minimum atomic E-state index is 0.454. The molecule has 1 aliphatic rings. The van der Waals surface area contributed by atoms with E-state index in [4.69, 9.17) is 10.5 Å². The van der Waals surface area contributed by atoms with E-state index in [1.165, 1.54) is 23.9 Å². The van der Waals surface area contributed by atoms with Gasteiger partial charge in [-0.05, 0) is 24.3 Å². The van der Waals surface area contributed by atoms with Crippen molar-refractivity contribution in [1.82, 2.24) is 15.0 Å². The summed E-state index contributed by atoms with van der Waals surface area (Å²) in [4.78, 5) is 0. The van der Waals surface area contributed by atoms with E-state index >= 15 is 0 Å². The number of benzene rings is 2. The van der Waals surface area contributed by atoms with E-state index in [1.807, 2.05) is 28.9 Å². The third-order valence-electron chi connectivity index (χ3n) is 4.31. The number of nitrogens with zero attached hydrogens (tertiary/aromatic N) is 3. The molecule has 1 saturated carbocycles. The Kier molecular flexibility index (Phi) is 3.71. The predicted molar refractivity (Wildman–Crippen MR) is 89.3 cm³/mol. The average Bonchev–Trinajstić information content (AvgIpc) is 3.35. The highest BCUT2D eigenvalue weighted by Crippen LogP contribution is 2.41. The van der Waals surface area contributed by atoms with Gasteiger partial charge in [-0.15, -0.1) is 5.10 Å². The fourth-order valence-corrected chi connectivity index (χ4v) is 3.03. The number of aromatic nitrogens is 3. The summed E-state index contributed by atoms with van der Waals surface area (Å²) in [6.45, 7) is 1.72. The summed E-state index contributed by atoms with van der Waals surface area (Å²) < 4.78 is 7.96. The van der Waals surface area contributed by atoms with Crippen molar-refractivity contribution in [2.45, 2.75) is 31.8 Å². The van der Waals surface area contributed by atoms with Crippen LogP contribution in [0.2, 0.25) is 0 Å². The second-order valence-electron chi connectivity index (χ2n) is 5.95. The topological polar surface area (TPSA) is 66.0 Å². The fraction of sp³-hybridized carbons (Fsp3) is 0.333. The summed E-state index contributed by atoms with van der Waals surface area (Å²) in [5.74, 6) is 1.50. The Hall–Kier alpha value is -2.40. The Balaban J connectivity index is 1.49. The molecule has 0 saturated heterocycles. The first-order valence-corrected chi connectivity index (χ1v) is 8.09. The molecule has 0 spiro atoms. The van der Waals surface area contributed by atoms with E-state index in [-0.39, 0.29) is 0 Å². The highest BCUT2D eigenvalue weighted by molar-refractivity contribution is 5.88. The molecule has 0 atom stereocenters. The Morgan fingerprint density at radius 2 is 1.96 bits per heavy atom. The maximum absolute atomic E-state index is 6.00. The first-order valence-electron chi connectivity index (χ1n) is 8.09. The second kappa shape index (κ2) is 6.01. The van der Waals surface area contributed by atoms with Gasteiger partial charge in [-0.2, -0.15) is 0 Å². The van der Waals surface area contributed by atoms with E-state index in [9.17, 15) is 0 Å². The smallest absolute Gasteiger partial charge is 0.127 e. The Morgan fingerprint density at radius 1 is 1.13 bits per heavy atom. The molecule has 1 heterocycles. The van der Waals surface area contributed by atoms with Crippen molar-refractivity contribution in [2.75, 3.05) is 6.61 Å². The Labute approximate surface area is 135 Å². The predicted octanol–water partition coefficient (Wildman–Crippen LogP) is 2.85. The Bertz CT molecular complexity index is 818. The van der Waals surface area contributed by atoms with Crippen LogP contribution in [0, 0.1) is 0 Å². The van der Waals surface area contributed by atoms with Crippen LogP contribution in [0.5, 0.6) is 5.75 Å². The summed E-state index contributed by atoms with van der Waals surface area (Å²) in [7, 11) is 0. The molecule has 118 valence electrons. The van der Waals surface area contributed by atoms with Crippen molar-refractivity contribution in [2.24, 2.45) is 5.73 Å². The van der Waals surface area contributed by atoms with Crippen LogP contribution in [0.3, 0.4) is 0 Å². The number of fused-ring (bicyclic) bond motifs is 1. The van der Waals surface area contributed by atoms with Crippen LogP contribution in [0.15, 0.2) is 42.5 Å². The van der Waals surface area contributed by atoms with Gasteiger partial charge in [0, 0.05) is 17.8 Å². The monoisotopic (exact) mass is 308 g/mol. The molecule has 0 aliphatic heterocycles. The lowest BCUT2D eigenvalue weighted by Gasteiger charge is -2.11. The first kappa shape index (κ1) is 14.2. The minimum Gasteiger partial charge on any atom is -0.491 e. The minimum absolute atomic E-state index is 0.454. The standard InChI is InChI=1S/C18H20N4O/c19-12-16-18(14-8-9-14)22(21-20-16)10-11-23-17-7-3-5-13-4-1-2-6-15(13)17/h1-7,14H,8-12,19H2. The quantitative estimate of drug-likeness (QED) is 0.760. The van der Waals surface area contributed by atoms with Crippen molar-refractivity contribution >= 4 is 10.8 Å². The third-order valence-corrected chi connectivity index (χ3v) is 4.31. The molecule has 0 unspecified atom stereocenters. The summed E-state index contributed by atoms with van der Waals surface area (Å²) >= 11 is 0. The molecule has 2 aromatic carbocycles. The lowest BCUT2D eigenvalue weighted by atomic mass is 10.1. The van der Waals surface area contributed by atoms with Gasteiger partial charge in [0.1, 0.15) is 12.4 Å². The Morgan fingerprint density at radius 3 is 2.78 bits per heavy atom. The molecule has 23 heavy (non-hydrogen) atoms. The number of rotatable bonds is 6. The van der Waals surface area contributed by atoms with Crippen LogP contribution in [-0.4, -0.2) is 21.6 Å². The van der Waals surface area contributed by atoms with Gasteiger partial charge < -0.3 is 10.5 Å². The van der Waals surface area contributed by atoms with E-state index in [2.05, 4.69) is 28.5 Å².